The number of fused-ring (bicyclic) bond motifs is 1. The third-order valence-electron chi connectivity index (χ3n) is 3.16. The first kappa shape index (κ1) is 13.0. The second kappa shape index (κ2) is 5.04. The van der Waals surface area contributed by atoms with E-state index in [1.54, 1.807) is 19.2 Å². The van der Waals surface area contributed by atoms with Gasteiger partial charge >= 0.3 is 0 Å². The normalized spacial score (nSPS) is 16.8. The van der Waals surface area contributed by atoms with Gasteiger partial charge in [0.05, 0.1) is 13.2 Å². The van der Waals surface area contributed by atoms with E-state index in [2.05, 4.69) is 0 Å². The Morgan fingerprint density at radius 1 is 1.33 bits per heavy atom. The van der Waals surface area contributed by atoms with Crippen LogP contribution in [0.4, 0.5) is 0 Å². The van der Waals surface area contributed by atoms with Gasteiger partial charge in [-0.25, -0.2) is 0 Å². The molecule has 0 radical (unpaired) electrons. The van der Waals surface area contributed by atoms with E-state index < -0.39 is 6.10 Å². The van der Waals surface area contributed by atoms with Gasteiger partial charge in [0.2, 0.25) is 12.5 Å². The summed E-state index contributed by atoms with van der Waals surface area (Å²) in [6.07, 6.45) is -0.756. The van der Waals surface area contributed by atoms with Crippen LogP contribution in [0.2, 0.25) is 0 Å². The average Bonchev–Trinajstić information content (AvgIpc) is 2.83. The Morgan fingerprint density at radius 2 is 2.06 bits per heavy atom. The lowest BCUT2D eigenvalue weighted by Crippen LogP contribution is -2.33. The number of rotatable bonds is 4. The van der Waals surface area contributed by atoms with Gasteiger partial charge in [0.1, 0.15) is 0 Å². The van der Waals surface area contributed by atoms with Crippen LogP contribution in [0.5, 0.6) is 17.2 Å². The summed E-state index contributed by atoms with van der Waals surface area (Å²) in [6, 6.07) is 3.15. The highest BCUT2D eigenvalue weighted by Crippen LogP contribution is 2.43. The number of methoxy groups -OCH3 is 1. The standard InChI is InChI=1S/C13H19NO4/c1-7(2)11(14)12(15)8-4-9(16-3)13-10(5-8)17-6-18-13/h4-5,7,11-12,15H,6,14H2,1-3H3. The number of nitrogens with two attached hydrogens (primary N) is 1. The van der Waals surface area contributed by atoms with Crippen molar-refractivity contribution in [1.82, 2.24) is 0 Å². The maximum absolute atomic E-state index is 10.2. The molecule has 5 nitrogen and oxygen atoms in total. The van der Waals surface area contributed by atoms with Gasteiger partial charge < -0.3 is 25.1 Å². The quantitative estimate of drug-likeness (QED) is 0.849. The van der Waals surface area contributed by atoms with E-state index >= 15 is 0 Å². The van der Waals surface area contributed by atoms with Crippen LogP contribution in [0, 0.1) is 5.92 Å². The Kier molecular flexibility index (Phi) is 3.63. The van der Waals surface area contributed by atoms with Gasteiger partial charge in [0.15, 0.2) is 11.5 Å². The van der Waals surface area contributed by atoms with E-state index in [4.69, 9.17) is 19.9 Å². The van der Waals surface area contributed by atoms with E-state index in [9.17, 15) is 5.11 Å². The number of aliphatic hydroxyl groups excluding tert-OH is 1. The molecule has 0 fully saturated rings. The third-order valence-corrected chi connectivity index (χ3v) is 3.16. The van der Waals surface area contributed by atoms with Gasteiger partial charge in [-0.15, -0.1) is 0 Å². The molecule has 1 aromatic carbocycles. The summed E-state index contributed by atoms with van der Waals surface area (Å²) in [5, 5.41) is 10.2. The Hall–Kier alpha value is -1.46. The summed E-state index contributed by atoms with van der Waals surface area (Å²) in [7, 11) is 1.55. The summed E-state index contributed by atoms with van der Waals surface area (Å²) in [4.78, 5) is 0. The summed E-state index contributed by atoms with van der Waals surface area (Å²) < 4.78 is 15.9. The van der Waals surface area contributed by atoms with Crippen molar-refractivity contribution in [3.05, 3.63) is 17.7 Å². The fraction of sp³-hybridized carbons (Fsp3) is 0.538. The van der Waals surface area contributed by atoms with Crippen molar-refractivity contribution in [3.63, 3.8) is 0 Å². The number of aliphatic hydroxyl groups is 1. The maximum Gasteiger partial charge on any atom is 0.231 e. The molecule has 1 aliphatic heterocycles. The Labute approximate surface area is 106 Å². The minimum atomic E-state index is -0.756. The van der Waals surface area contributed by atoms with Crippen LogP contribution < -0.4 is 19.9 Å². The molecule has 0 spiro atoms. The monoisotopic (exact) mass is 253 g/mol. The SMILES string of the molecule is COc1cc(C(O)C(N)C(C)C)cc2c1OCO2. The molecular weight excluding hydrogens is 234 g/mol. The number of ether oxygens (including phenoxy) is 3. The number of hydrogen-bond acceptors (Lipinski definition) is 5. The third kappa shape index (κ3) is 2.23. The van der Waals surface area contributed by atoms with Gasteiger partial charge in [-0.1, -0.05) is 13.8 Å². The molecule has 2 atom stereocenters. The average molecular weight is 253 g/mol. The van der Waals surface area contributed by atoms with E-state index in [0.717, 1.165) is 0 Å². The molecule has 100 valence electrons. The minimum absolute atomic E-state index is 0.168. The number of hydrogen-bond donors (Lipinski definition) is 2. The molecule has 2 unspecified atom stereocenters. The maximum atomic E-state index is 10.2. The molecule has 18 heavy (non-hydrogen) atoms. The Bertz CT molecular complexity index is 433. The largest absolute Gasteiger partial charge is 0.493 e. The van der Waals surface area contributed by atoms with Gasteiger partial charge in [-0.2, -0.15) is 0 Å². The van der Waals surface area contributed by atoms with Crippen LogP contribution >= 0.6 is 0 Å². The first-order valence-electron chi connectivity index (χ1n) is 5.95. The molecule has 1 aromatic rings. The topological polar surface area (TPSA) is 73.9 Å². The van der Waals surface area contributed by atoms with Crippen LogP contribution in [0.3, 0.4) is 0 Å². The predicted molar refractivity (Wildman–Crippen MR) is 66.9 cm³/mol. The lowest BCUT2D eigenvalue weighted by Gasteiger charge is -2.23. The zero-order chi connectivity index (χ0) is 13.3. The van der Waals surface area contributed by atoms with Crippen LogP contribution in [-0.2, 0) is 0 Å². The second-order valence-electron chi connectivity index (χ2n) is 4.72. The zero-order valence-corrected chi connectivity index (χ0v) is 10.8. The van der Waals surface area contributed by atoms with Gasteiger partial charge in [-0.3, -0.25) is 0 Å². The van der Waals surface area contributed by atoms with Crippen molar-refractivity contribution in [1.29, 1.82) is 0 Å². The van der Waals surface area contributed by atoms with Gasteiger partial charge in [0, 0.05) is 6.04 Å². The van der Waals surface area contributed by atoms with Gasteiger partial charge in [-0.05, 0) is 23.6 Å². The fourth-order valence-corrected chi connectivity index (χ4v) is 1.91. The second-order valence-corrected chi connectivity index (χ2v) is 4.72. The molecule has 0 aromatic heterocycles. The molecule has 5 heteroatoms. The molecule has 0 bridgehead atoms. The van der Waals surface area contributed by atoms with Crippen LogP contribution in [0.25, 0.3) is 0 Å². The Balaban J connectivity index is 2.34. The van der Waals surface area contributed by atoms with Crippen molar-refractivity contribution in [2.75, 3.05) is 13.9 Å². The lowest BCUT2D eigenvalue weighted by molar-refractivity contribution is 0.125. The van der Waals surface area contributed by atoms with Crippen LogP contribution in [-0.4, -0.2) is 25.1 Å². The first-order valence-corrected chi connectivity index (χ1v) is 5.95. The van der Waals surface area contributed by atoms with Crippen LogP contribution in [0.15, 0.2) is 12.1 Å². The first-order chi connectivity index (χ1) is 8.54. The summed E-state index contributed by atoms with van der Waals surface area (Å²) in [5.74, 6) is 1.89. The highest BCUT2D eigenvalue weighted by atomic mass is 16.7. The fourth-order valence-electron chi connectivity index (χ4n) is 1.91. The molecule has 0 saturated carbocycles. The molecule has 1 aliphatic rings. The Morgan fingerprint density at radius 3 is 2.67 bits per heavy atom. The molecular formula is C13H19NO4. The van der Waals surface area contributed by atoms with Gasteiger partial charge in [0.25, 0.3) is 0 Å². The van der Waals surface area contributed by atoms with Crippen molar-refractivity contribution >= 4 is 0 Å². The molecule has 0 amide bonds. The van der Waals surface area contributed by atoms with E-state index in [0.29, 0.717) is 22.8 Å². The van der Waals surface area contributed by atoms with Crippen molar-refractivity contribution in [2.45, 2.75) is 26.0 Å². The smallest absolute Gasteiger partial charge is 0.231 e. The summed E-state index contributed by atoms with van der Waals surface area (Å²) in [5.41, 5.74) is 6.64. The summed E-state index contributed by atoms with van der Waals surface area (Å²) >= 11 is 0. The molecule has 3 N–H and O–H groups in total. The van der Waals surface area contributed by atoms with E-state index in [-0.39, 0.29) is 18.8 Å². The molecule has 2 rings (SSSR count). The summed E-state index contributed by atoms with van der Waals surface area (Å²) in [6.45, 7) is 4.11. The molecule has 1 heterocycles. The predicted octanol–water partition coefficient (Wildman–Crippen LogP) is 1.44. The van der Waals surface area contributed by atoms with Crippen molar-refractivity contribution < 1.29 is 19.3 Å². The molecule has 0 aliphatic carbocycles. The lowest BCUT2D eigenvalue weighted by atomic mass is 9.94. The van der Waals surface area contributed by atoms with Crippen molar-refractivity contribution in [2.24, 2.45) is 11.7 Å². The van der Waals surface area contributed by atoms with Crippen LogP contribution in [0.1, 0.15) is 25.5 Å². The van der Waals surface area contributed by atoms with E-state index in [1.165, 1.54) is 0 Å². The molecule has 0 saturated heterocycles. The number of benzene rings is 1. The highest BCUT2D eigenvalue weighted by molar-refractivity contribution is 5.55. The minimum Gasteiger partial charge on any atom is -0.493 e. The highest BCUT2D eigenvalue weighted by Gasteiger charge is 2.26. The van der Waals surface area contributed by atoms with E-state index in [1.807, 2.05) is 13.8 Å². The van der Waals surface area contributed by atoms with Crippen molar-refractivity contribution in [3.8, 4) is 17.2 Å². The zero-order valence-electron chi connectivity index (χ0n) is 10.8.